The number of methoxy groups -OCH3 is 1. The number of aliphatic hydroxyl groups is 1. The van der Waals surface area contributed by atoms with Gasteiger partial charge in [0.05, 0.1) is 18.4 Å². The summed E-state index contributed by atoms with van der Waals surface area (Å²) in [6, 6.07) is 5.08. The molecule has 0 spiro atoms. The van der Waals surface area contributed by atoms with Gasteiger partial charge in [0.2, 0.25) is 5.91 Å². The lowest BCUT2D eigenvalue weighted by Crippen LogP contribution is -2.39. The van der Waals surface area contributed by atoms with Crippen LogP contribution in [0.25, 0.3) is 0 Å². The third kappa shape index (κ3) is 6.64. The number of hydrogen-bond donors (Lipinski definition) is 2. The molecule has 0 saturated carbocycles. The lowest BCUT2D eigenvalue weighted by Gasteiger charge is -2.27. The highest BCUT2D eigenvalue weighted by molar-refractivity contribution is 6.31. The molecule has 0 aliphatic rings. The van der Waals surface area contributed by atoms with Gasteiger partial charge in [0.15, 0.2) is 0 Å². The zero-order chi connectivity index (χ0) is 16.8. The van der Waals surface area contributed by atoms with Gasteiger partial charge in [-0.25, -0.2) is 0 Å². The Kier molecular flexibility index (Phi) is 7.13. The van der Waals surface area contributed by atoms with E-state index < -0.39 is 5.60 Å². The van der Waals surface area contributed by atoms with E-state index in [1.54, 1.807) is 39.2 Å². The summed E-state index contributed by atoms with van der Waals surface area (Å²) in [5.41, 5.74) is -0.214. The van der Waals surface area contributed by atoms with Crippen LogP contribution in [0.4, 0.5) is 5.69 Å². The smallest absolute Gasteiger partial charge is 0.225 e. The molecule has 1 rings (SSSR count). The van der Waals surface area contributed by atoms with E-state index >= 15 is 0 Å². The average Bonchev–Trinajstić information content (AvgIpc) is 2.42. The largest absolute Gasteiger partial charge is 0.495 e. The molecule has 0 bridgehead atoms. The van der Waals surface area contributed by atoms with E-state index in [2.05, 4.69) is 5.32 Å². The van der Waals surface area contributed by atoms with Gasteiger partial charge in [-0.1, -0.05) is 18.5 Å². The summed E-state index contributed by atoms with van der Waals surface area (Å²) in [6.45, 7) is 7.40. The van der Waals surface area contributed by atoms with E-state index in [4.69, 9.17) is 16.3 Å². The highest BCUT2D eigenvalue weighted by atomic mass is 35.5. The second kappa shape index (κ2) is 8.36. The molecular formula is C16H25ClN2O3. The monoisotopic (exact) mass is 328 g/mol. The van der Waals surface area contributed by atoms with Gasteiger partial charge in [-0.3, -0.25) is 4.79 Å². The summed E-state index contributed by atoms with van der Waals surface area (Å²) in [5.74, 6) is 0.455. The van der Waals surface area contributed by atoms with Crippen molar-refractivity contribution >= 4 is 23.2 Å². The van der Waals surface area contributed by atoms with Crippen molar-refractivity contribution in [2.24, 2.45) is 0 Å². The first-order chi connectivity index (χ1) is 10.2. The number of halogens is 1. The number of carbonyl (C=O) groups excluding carboxylic acids is 1. The van der Waals surface area contributed by atoms with Crippen molar-refractivity contribution in [2.45, 2.75) is 32.8 Å². The Morgan fingerprint density at radius 3 is 2.68 bits per heavy atom. The lowest BCUT2D eigenvalue weighted by molar-refractivity contribution is -0.116. The zero-order valence-corrected chi connectivity index (χ0v) is 14.4. The van der Waals surface area contributed by atoms with Crippen molar-refractivity contribution < 1.29 is 14.6 Å². The molecule has 0 unspecified atom stereocenters. The number of likely N-dealkylation sites (N-methyl/N-ethyl adjacent to an activating group) is 1. The molecule has 1 aromatic carbocycles. The zero-order valence-electron chi connectivity index (χ0n) is 13.6. The fraction of sp³-hybridized carbons (Fsp3) is 0.562. The van der Waals surface area contributed by atoms with Crippen LogP contribution in [-0.2, 0) is 4.79 Å². The molecule has 0 aliphatic carbocycles. The number of nitrogens with zero attached hydrogens (tertiary/aromatic N) is 1. The Morgan fingerprint density at radius 2 is 2.14 bits per heavy atom. The SMILES string of the molecule is CCN(CCC(=O)Nc1cc(Cl)ccc1OC)CC(C)(C)O. The number of nitrogens with one attached hydrogen (secondary N) is 1. The van der Waals surface area contributed by atoms with Crippen LogP contribution in [0.15, 0.2) is 18.2 Å². The van der Waals surface area contributed by atoms with Crippen LogP contribution >= 0.6 is 11.6 Å². The number of amides is 1. The number of carbonyl (C=O) groups is 1. The molecule has 5 nitrogen and oxygen atoms in total. The molecule has 6 heteroatoms. The Balaban J connectivity index is 2.58. The summed E-state index contributed by atoms with van der Waals surface area (Å²) >= 11 is 5.94. The van der Waals surface area contributed by atoms with Crippen molar-refractivity contribution in [3.05, 3.63) is 23.2 Å². The summed E-state index contributed by atoms with van der Waals surface area (Å²) in [4.78, 5) is 14.1. The molecule has 2 N–H and O–H groups in total. The van der Waals surface area contributed by atoms with Gasteiger partial charge in [-0.15, -0.1) is 0 Å². The highest BCUT2D eigenvalue weighted by Crippen LogP contribution is 2.27. The first-order valence-electron chi connectivity index (χ1n) is 7.33. The minimum absolute atomic E-state index is 0.116. The number of rotatable bonds is 8. The van der Waals surface area contributed by atoms with E-state index in [1.165, 1.54) is 0 Å². The summed E-state index contributed by atoms with van der Waals surface area (Å²) < 4.78 is 5.20. The number of anilines is 1. The van der Waals surface area contributed by atoms with Crippen LogP contribution in [0.2, 0.25) is 5.02 Å². The molecule has 1 amide bonds. The van der Waals surface area contributed by atoms with Crippen LogP contribution in [0.1, 0.15) is 27.2 Å². The average molecular weight is 329 g/mol. The highest BCUT2D eigenvalue weighted by Gasteiger charge is 2.18. The minimum Gasteiger partial charge on any atom is -0.495 e. The molecule has 0 radical (unpaired) electrons. The van der Waals surface area contributed by atoms with Gasteiger partial charge in [0, 0.05) is 24.5 Å². The van der Waals surface area contributed by atoms with Crippen molar-refractivity contribution in [2.75, 3.05) is 32.1 Å². The van der Waals surface area contributed by atoms with Crippen LogP contribution in [0, 0.1) is 0 Å². The Morgan fingerprint density at radius 1 is 1.45 bits per heavy atom. The third-order valence-electron chi connectivity index (χ3n) is 3.15. The standard InChI is InChI=1S/C16H25ClN2O3/c1-5-19(11-16(2,3)21)9-8-15(20)18-13-10-12(17)6-7-14(13)22-4/h6-7,10,21H,5,8-9,11H2,1-4H3,(H,18,20). The quantitative estimate of drug-likeness (QED) is 0.770. The first-order valence-corrected chi connectivity index (χ1v) is 7.71. The van der Waals surface area contributed by atoms with Gasteiger partial charge in [0.1, 0.15) is 5.75 Å². The van der Waals surface area contributed by atoms with Crippen LogP contribution in [0.5, 0.6) is 5.75 Å². The predicted molar refractivity (Wildman–Crippen MR) is 89.7 cm³/mol. The van der Waals surface area contributed by atoms with Gasteiger partial charge in [0.25, 0.3) is 0 Å². The molecule has 124 valence electrons. The maximum atomic E-state index is 12.1. The molecule has 22 heavy (non-hydrogen) atoms. The second-order valence-corrected chi connectivity index (χ2v) is 6.26. The molecule has 0 aromatic heterocycles. The lowest BCUT2D eigenvalue weighted by atomic mass is 10.1. The molecule has 0 fully saturated rings. The van der Waals surface area contributed by atoms with E-state index in [-0.39, 0.29) is 5.91 Å². The molecule has 0 saturated heterocycles. The Labute approximate surface area is 137 Å². The van der Waals surface area contributed by atoms with E-state index in [0.717, 1.165) is 6.54 Å². The third-order valence-corrected chi connectivity index (χ3v) is 3.38. The predicted octanol–water partition coefficient (Wildman–Crippen LogP) is 2.77. The van der Waals surface area contributed by atoms with Gasteiger partial charge in [-0.2, -0.15) is 0 Å². The van der Waals surface area contributed by atoms with E-state index in [0.29, 0.717) is 36.0 Å². The summed E-state index contributed by atoms with van der Waals surface area (Å²) in [7, 11) is 1.54. The second-order valence-electron chi connectivity index (χ2n) is 5.82. The van der Waals surface area contributed by atoms with Crippen molar-refractivity contribution in [3.8, 4) is 5.75 Å². The Hall–Kier alpha value is -1.30. The molecule has 0 heterocycles. The molecule has 1 aromatic rings. The van der Waals surface area contributed by atoms with Crippen LogP contribution < -0.4 is 10.1 Å². The van der Waals surface area contributed by atoms with Crippen LogP contribution in [0.3, 0.4) is 0 Å². The molecule has 0 atom stereocenters. The van der Waals surface area contributed by atoms with Crippen LogP contribution in [-0.4, -0.2) is 48.3 Å². The van der Waals surface area contributed by atoms with E-state index in [9.17, 15) is 9.90 Å². The van der Waals surface area contributed by atoms with Gasteiger partial charge < -0.3 is 20.1 Å². The number of ether oxygens (including phenoxy) is 1. The normalized spacial score (nSPS) is 11.6. The number of benzene rings is 1. The fourth-order valence-corrected chi connectivity index (χ4v) is 2.32. The van der Waals surface area contributed by atoms with E-state index in [1.807, 2.05) is 11.8 Å². The molecule has 0 aliphatic heterocycles. The van der Waals surface area contributed by atoms with Gasteiger partial charge in [-0.05, 0) is 38.6 Å². The number of hydrogen-bond acceptors (Lipinski definition) is 4. The maximum Gasteiger partial charge on any atom is 0.225 e. The summed E-state index contributed by atoms with van der Waals surface area (Å²) in [5, 5.41) is 13.2. The minimum atomic E-state index is -0.775. The Bertz CT molecular complexity index is 501. The summed E-state index contributed by atoms with van der Waals surface area (Å²) in [6.07, 6.45) is 0.333. The first kappa shape index (κ1) is 18.7. The van der Waals surface area contributed by atoms with Crippen molar-refractivity contribution in [3.63, 3.8) is 0 Å². The van der Waals surface area contributed by atoms with Crippen molar-refractivity contribution in [1.82, 2.24) is 4.90 Å². The van der Waals surface area contributed by atoms with Crippen molar-refractivity contribution in [1.29, 1.82) is 0 Å². The topological polar surface area (TPSA) is 61.8 Å². The fourth-order valence-electron chi connectivity index (χ4n) is 2.15. The molecular weight excluding hydrogens is 304 g/mol. The van der Waals surface area contributed by atoms with Gasteiger partial charge >= 0.3 is 0 Å². The maximum absolute atomic E-state index is 12.1.